The van der Waals surface area contributed by atoms with E-state index in [9.17, 15) is 14.4 Å². The summed E-state index contributed by atoms with van der Waals surface area (Å²) in [6.07, 6.45) is -0.317. The molecule has 0 bridgehead atoms. The molecule has 0 aliphatic heterocycles. The summed E-state index contributed by atoms with van der Waals surface area (Å²) in [5, 5.41) is 8.46. The van der Waals surface area contributed by atoms with Crippen molar-refractivity contribution in [3.63, 3.8) is 0 Å². The van der Waals surface area contributed by atoms with Gasteiger partial charge >= 0.3 is 17.9 Å². The minimum atomic E-state index is -0.919. The fraction of sp³-hybridized carbons (Fsp3) is 0.545. The van der Waals surface area contributed by atoms with Crippen molar-refractivity contribution in [1.29, 1.82) is 0 Å². The van der Waals surface area contributed by atoms with Crippen molar-refractivity contribution in [3.8, 4) is 0 Å². The molecule has 8 nitrogen and oxygen atoms in total. The van der Waals surface area contributed by atoms with Gasteiger partial charge in [0.1, 0.15) is 0 Å². The van der Waals surface area contributed by atoms with E-state index < -0.39 is 17.9 Å². The number of hydrogen-bond donors (Lipinski definition) is 1. The molecule has 1 N–H and O–H groups in total. The fourth-order valence-electron chi connectivity index (χ4n) is 1.30. The highest BCUT2D eigenvalue weighted by atomic mass is 16.6. The molecule has 0 aromatic carbocycles. The first kappa shape index (κ1) is 14.8. The number of aliphatic carboxylic acids is 1. The number of carboxylic acid groups (broad SMARTS) is 1. The van der Waals surface area contributed by atoms with Crippen molar-refractivity contribution in [1.82, 2.24) is 4.90 Å². The van der Waals surface area contributed by atoms with Crippen LogP contribution in [0.25, 0.3) is 0 Å². The van der Waals surface area contributed by atoms with Crippen LogP contribution >= 0.6 is 0 Å². The molecule has 1 rings (SSSR count). The van der Waals surface area contributed by atoms with E-state index in [2.05, 4.69) is 8.83 Å². The first-order valence-corrected chi connectivity index (χ1v) is 5.59. The largest absolute Gasteiger partial charge is 0.519 e. The maximum Gasteiger partial charge on any atom is 0.519 e. The van der Waals surface area contributed by atoms with Crippen LogP contribution in [0, 0.1) is 6.92 Å². The summed E-state index contributed by atoms with van der Waals surface area (Å²) in [7, 11) is 1.49. The third-order valence-electron chi connectivity index (χ3n) is 2.36. The number of rotatable bonds is 6. The molecule has 0 atom stereocenters. The third kappa shape index (κ3) is 4.86. The Morgan fingerprint density at radius 3 is 2.58 bits per heavy atom. The maximum atomic E-state index is 11.5. The number of ether oxygens (including phenoxy) is 1. The van der Waals surface area contributed by atoms with Gasteiger partial charge in [0.05, 0.1) is 0 Å². The van der Waals surface area contributed by atoms with Crippen LogP contribution in [0.2, 0.25) is 0 Å². The van der Waals surface area contributed by atoms with E-state index in [1.807, 2.05) is 0 Å². The fourth-order valence-corrected chi connectivity index (χ4v) is 1.30. The van der Waals surface area contributed by atoms with Crippen LogP contribution in [0.5, 0.6) is 0 Å². The molecule has 0 radical (unpaired) electrons. The van der Waals surface area contributed by atoms with Gasteiger partial charge in [-0.3, -0.25) is 4.79 Å². The SMILES string of the molecule is Cc1oc(=O)oc1COC(=O)N(C)CCCC(=O)O. The lowest BCUT2D eigenvalue weighted by atomic mass is 10.3. The number of carboxylic acids is 1. The molecule has 0 aliphatic rings. The van der Waals surface area contributed by atoms with Gasteiger partial charge in [-0.05, 0) is 13.3 Å². The quantitative estimate of drug-likeness (QED) is 0.822. The summed E-state index contributed by atoms with van der Waals surface area (Å²) >= 11 is 0. The molecular weight excluding hydrogens is 258 g/mol. The highest BCUT2D eigenvalue weighted by molar-refractivity contribution is 5.68. The second kappa shape index (κ2) is 6.62. The molecule has 1 aromatic heterocycles. The Labute approximate surface area is 108 Å². The minimum Gasteiger partial charge on any atom is -0.481 e. The zero-order chi connectivity index (χ0) is 14.4. The number of nitrogens with zero attached hydrogens (tertiary/aromatic N) is 1. The summed E-state index contributed by atoms with van der Waals surface area (Å²) in [4.78, 5) is 33.8. The molecule has 8 heteroatoms. The van der Waals surface area contributed by atoms with Gasteiger partial charge in [-0.15, -0.1) is 0 Å². The van der Waals surface area contributed by atoms with Crippen molar-refractivity contribution in [2.75, 3.05) is 13.6 Å². The minimum absolute atomic E-state index is 0.0205. The van der Waals surface area contributed by atoms with Gasteiger partial charge in [-0.1, -0.05) is 0 Å². The standard InChI is InChI=1S/C11H15NO7/c1-7-8(19-11(16)18-7)6-17-10(15)12(2)5-3-4-9(13)14/h3-6H2,1-2H3,(H,13,14). The zero-order valence-corrected chi connectivity index (χ0v) is 10.7. The second-order valence-electron chi connectivity index (χ2n) is 3.91. The number of aryl methyl sites for hydroxylation is 1. The van der Waals surface area contributed by atoms with E-state index in [1.54, 1.807) is 0 Å². The van der Waals surface area contributed by atoms with Crippen LogP contribution in [0.4, 0.5) is 4.79 Å². The average Bonchev–Trinajstić information content (AvgIpc) is 2.64. The average molecular weight is 273 g/mol. The first-order valence-electron chi connectivity index (χ1n) is 5.59. The Hall–Kier alpha value is -2.25. The van der Waals surface area contributed by atoms with E-state index in [1.165, 1.54) is 18.9 Å². The lowest BCUT2D eigenvalue weighted by molar-refractivity contribution is -0.137. The summed E-state index contributed by atoms with van der Waals surface area (Å²) in [5.41, 5.74) is 0. The molecule has 0 saturated carbocycles. The zero-order valence-electron chi connectivity index (χ0n) is 10.7. The molecule has 0 fully saturated rings. The van der Waals surface area contributed by atoms with E-state index in [4.69, 9.17) is 9.84 Å². The molecule has 1 aromatic rings. The molecule has 0 spiro atoms. The van der Waals surface area contributed by atoms with Crippen molar-refractivity contribution in [2.45, 2.75) is 26.4 Å². The van der Waals surface area contributed by atoms with Crippen LogP contribution in [0.1, 0.15) is 24.4 Å². The summed E-state index contributed by atoms with van der Waals surface area (Å²) in [5.74, 6) is -1.36. The van der Waals surface area contributed by atoms with E-state index in [-0.39, 0.29) is 31.1 Å². The molecule has 19 heavy (non-hydrogen) atoms. The number of amides is 1. The van der Waals surface area contributed by atoms with E-state index in [0.717, 1.165) is 0 Å². The number of carbonyl (C=O) groups excluding carboxylic acids is 1. The Morgan fingerprint density at radius 1 is 1.37 bits per heavy atom. The molecule has 0 aliphatic carbocycles. The lowest BCUT2D eigenvalue weighted by Crippen LogP contribution is -2.28. The maximum absolute atomic E-state index is 11.5. The monoisotopic (exact) mass is 273 g/mol. The molecular formula is C11H15NO7. The van der Waals surface area contributed by atoms with Gasteiger partial charge in [0.15, 0.2) is 18.1 Å². The third-order valence-corrected chi connectivity index (χ3v) is 2.36. The van der Waals surface area contributed by atoms with Gasteiger partial charge in [0, 0.05) is 20.0 Å². The van der Waals surface area contributed by atoms with Gasteiger partial charge in [0.2, 0.25) is 0 Å². The predicted octanol–water partition coefficient (Wildman–Crippen LogP) is 0.974. The molecule has 0 saturated heterocycles. The Balaban J connectivity index is 2.36. The van der Waals surface area contributed by atoms with Crippen LogP contribution in [0.3, 0.4) is 0 Å². The Bertz CT molecular complexity index is 501. The highest BCUT2D eigenvalue weighted by Gasteiger charge is 2.14. The highest BCUT2D eigenvalue weighted by Crippen LogP contribution is 2.07. The van der Waals surface area contributed by atoms with E-state index in [0.29, 0.717) is 6.42 Å². The van der Waals surface area contributed by atoms with Gasteiger partial charge in [-0.2, -0.15) is 0 Å². The van der Waals surface area contributed by atoms with Crippen LogP contribution in [-0.4, -0.2) is 35.7 Å². The Morgan fingerprint density at radius 2 is 2.05 bits per heavy atom. The Kier molecular flexibility index (Phi) is 5.16. The van der Waals surface area contributed by atoms with Gasteiger partial charge in [0.25, 0.3) is 0 Å². The van der Waals surface area contributed by atoms with E-state index >= 15 is 0 Å². The first-order chi connectivity index (χ1) is 8.90. The lowest BCUT2D eigenvalue weighted by Gasteiger charge is -2.15. The normalized spacial score (nSPS) is 10.2. The topological polar surface area (TPSA) is 110 Å². The van der Waals surface area contributed by atoms with Crippen LogP contribution < -0.4 is 5.82 Å². The van der Waals surface area contributed by atoms with Crippen molar-refractivity contribution in [3.05, 3.63) is 22.1 Å². The van der Waals surface area contributed by atoms with Gasteiger partial charge in [-0.25, -0.2) is 9.59 Å². The second-order valence-corrected chi connectivity index (χ2v) is 3.91. The van der Waals surface area contributed by atoms with Gasteiger partial charge < -0.3 is 23.6 Å². The van der Waals surface area contributed by atoms with Crippen LogP contribution in [-0.2, 0) is 16.1 Å². The molecule has 0 unspecified atom stereocenters. The number of carbonyl (C=O) groups is 2. The summed E-state index contributed by atoms with van der Waals surface area (Å²) in [6, 6.07) is 0. The molecule has 1 amide bonds. The van der Waals surface area contributed by atoms with Crippen molar-refractivity contribution < 1.29 is 28.3 Å². The van der Waals surface area contributed by atoms with Crippen LogP contribution in [0.15, 0.2) is 13.6 Å². The predicted molar refractivity (Wildman–Crippen MR) is 61.7 cm³/mol. The van der Waals surface area contributed by atoms with Crippen molar-refractivity contribution >= 4 is 12.1 Å². The summed E-state index contributed by atoms with van der Waals surface area (Å²) < 4.78 is 14.2. The number of hydrogen-bond acceptors (Lipinski definition) is 6. The molecule has 1 heterocycles. The molecule has 106 valence electrons. The van der Waals surface area contributed by atoms with Crippen molar-refractivity contribution in [2.24, 2.45) is 0 Å². The summed E-state index contributed by atoms with van der Waals surface area (Å²) in [6.45, 7) is 1.57. The smallest absolute Gasteiger partial charge is 0.481 e.